The highest BCUT2D eigenvalue weighted by Gasteiger charge is 2.00. The summed E-state index contributed by atoms with van der Waals surface area (Å²) in [6.45, 7) is 3.69. The van der Waals surface area contributed by atoms with E-state index in [1.807, 2.05) is 0 Å². The van der Waals surface area contributed by atoms with E-state index in [0.29, 0.717) is 5.96 Å². The number of nitrogens with zero attached hydrogens (tertiary/aromatic N) is 1. The molecule has 0 bridgehead atoms. The number of hydrogen-bond acceptors (Lipinski definition) is 1. The molecule has 0 aliphatic carbocycles. The van der Waals surface area contributed by atoms with Gasteiger partial charge in [0.2, 0.25) is 0 Å². The molecule has 0 fully saturated rings. The van der Waals surface area contributed by atoms with Gasteiger partial charge < -0.3 is 11.1 Å². The molecule has 0 amide bonds. The molecular formula is C16H21N3. The number of hydrogen-bond donors (Lipinski definition) is 2. The molecule has 19 heavy (non-hydrogen) atoms. The molecule has 0 saturated carbocycles. The van der Waals surface area contributed by atoms with Crippen LogP contribution >= 0.6 is 0 Å². The lowest BCUT2D eigenvalue weighted by atomic mass is 10.0. The van der Waals surface area contributed by atoms with Crippen LogP contribution in [0.2, 0.25) is 0 Å². The van der Waals surface area contributed by atoms with Crippen molar-refractivity contribution in [3.8, 4) is 0 Å². The minimum absolute atomic E-state index is 0.544. The molecule has 0 saturated heterocycles. The van der Waals surface area contributed by atoms with Gasteiger partial charge >= 0.3 is 0 Å². The highest BCUT2D eigenvalue weighted by molar-refractivity contribution is 5.85. The Labute approximate surface area is 114 Å². The van der Waals surface area contributed by atoms with Gasteiger partial charge in [0.05, 0.1) is 0 Å². The Kier molecular flexibility index (Phi) is 4.78. The third-order valence-electron chi connectivity index (χ3n) is 3.09. The maximum Gasteiger partial charge on any atom is 0.188 e. The van der Waals surface area contributed by atoms with Crippen molar-refractivity contribution in [1.82, 2.24) is 5.32 Å². The first-order chi connectivity index (χ1) is 9.31. The molecule has 3 heteroatoms. The quantitative estimate of drug-likeness (QED) is 0.637. The minimum Gasteiger partial charge on any atom is -0.370 e. The van der Waals surface area contributed by atoms with Crippen LogP contribution in [-0.2, 0) is 6.42 Å². The van der Waals surface area contributed by atoms with E-state index in [4.69, 9.17) is 5.73 Å². The molecule has 100 valence electrons. The maximum atomic E-state index is 5.78. The molecular weight excluding hydrogens is 234 g/mol. The molecule has 2 aromatic rings. The van der Waals surface area contributed by atoms with Crippen molar-refractivity contribution in [2.45, 2.75) is 19.8 Å². The zero-order valence-corrected chi connectivity index (χ0v) is 11.4. The third kappa shape index (κ3) is 3.71. The number of rotatable bonds is 5. The summed E-state index contributed by atoms with van der Waals surface area (Å²) in [6, 6.07) is 14.9. The van der Waals surface area contributed by atoms with Crippen molar-refractivity contribution in [1.29, 1.82) is 0 Å². The fourth-order valence-electron chi connectivity index (χ4n) is 2.12. The number of guanidine groups is 1. The molecule has 3 N–H and O–H groups in total. The predicted octanol–water partition coefficient (Wildman–Crippen LogP) is 2.70. The van der Waals surface area contributed by atoms with E-state index < -0.39 is 0 Å². The topological polar surface area (TPSA) is 50.4 Å². The molecule has 2 aromatic carbocycles. The van der Waals surface area contributed by atoms with Crippen LogP contribution in [0.3, 0.4) is 0 Å². The average Bonchev–Trinajstić information content (AvgIpc) is 2.45. The number of nitrogens with one attached hydrogen (secondary N) is 1. The summed E-state index contributed by atoms with van der Waals surface area (Å²) in [5.74, 6) is 0.544. The maximum absolute atomic E-state index is 5.78. The van der Waals surface area contributed by atoms with Crippen LogP contribution in [0.15, 0.2) is 47.5 Å². The van der Waals surface area contributed by atoms with Gasteiger partial charge in [0, 0.05) is 13.1 Å². The van der Waals surface area contributed by atoms with Crippen molar-refractivity contribution >= 4 is 16.7 Å². The zero-order chi connectivity index (χ0) is 13.5. The van der Waals surface area contributed by atoms with Crippen molar-refractivity contribution in [2.24, 2.45) is 10.7 Å². The van der Waals surface area contributed by atoms with Crippen LogP contribution in [0.5, 0.6) is 0 Å². The second kappa shape index (κ2) is 6.78. The molecule has 0 atom stereocenters. The summed E-state index contributed by atoms with van der Waals surface area (Å²) in [6.07, 6.45) is 1.97. The third-order valence-corrected chi connectivity index (χ3v) is 3.09. The first kappa shape index (κ1) is 13.4. The lowest BCUT2D eigenvalue weighted by Gasteiger charge is -2.08. The van der Waals surface area contributed by atoms with Gasteiger partial charge in [-0.25, -0.2) is 0 Å². The molecule has 0 unspecified atom stereocenters. The lowest BCUT2D eigenvalue weighted by molar-refractivity contribution is 0.842. The first-order valence-electron chi connectivity index (χ1n) is 6.81. The summed E-state index contributed by atoms with van der Waals surface area (Å²) in [5.41, 5.74) is 7.12. The Morgan fingerprint density at radius 1 is 1.16 bits per heavy atom. The number of fused-ring (bicyclic) bond motifs is 1. The lowest BCUT2D eigenvalue weighted by Crippen LogP contribution is -2.33. The molecule has 0 heterocycles. The highest BCUT2D eigenvalue weighted by Crippen LogP contribution is 2.18. The van der Waals surface area contributed by atoms with E-state index in [1.165, 1.54) is 16.3 Å². The van der Waals surface area contributed by atoms with Gasteiger partial charge in [0.25, 0.3) is 0 Å². The Bertz CT molecular complexity index is 555. The van der Waals surface area contributed by atoms with E-state index in [-0.39, 0.29) is 0 Å². The van der Waals surface area contributed by atoms with Crippen molar-refractivity contribution < 1.29 is 0 Å². The summed E-state index contributed by atoms with van der Waals surface area (Å²) in [7, 11) is 0. The van der Waals surface area contributed by atoms with Gasteiger partial charge in [-0.1, -0.05) is 49.4 Å². The minimum atomic E-state index is 0.544. The van der Waals surface area contributed by atoms with Gasteiger partial charge in [0.15, 0.2) is 5.96 Å². The van der Waals surface area contributed by atoms with E-state index in [2.05, 4.69) is 59.7 Å². The fourth-order valence-corrected chi connectivity index (χ4v) is 2.12. The molecule has 3 nitrogen and oxygen atoms in total. The Morgan fingerprint density at radius 2 is 1.95 bits per heavy atom. The Hall–Kier alpha value is -2.03. The largest absolute Gasteiger partial charge is 0.370 e. The standard InChI is InChI=1S/C16H21N3/c1-2-11-18-16(17)19-12-10-14-8-5-7-13-6-3-4-9-15(13)14/h3-9H,2,10-12H2,1H3,(H3,17,18,19). The van der Waals surface area contributed by atoms with Gasteiger partial charge in [-0.3, -0.25) is 4.99 Å². The smallest absolute Gasteiger partial charge is 0.188 e. The second-order valence-corrected chi connectivity index (χ2v) is 4.58. The summed E-state index contributed by atoms with van der Waals surface area (Å²) < 4.78 is 0. The normalized spacial score (nSPS) is 11.7. The fraction of sp³-hybridized carbons (Fsp3) is 0.312. The Morgan fingerprint density at radius 3 is 2.79 bits per heavy atom. The van der Waals surface area contributed by atoms with Gasteiger partial charge in [-0.05, 0) is 29.2 Å². The first-order valence-corrected chi connectivity index (χ1v) is 6.81. The van der Waals surface area contributed by atoms with Crippen LogP contribution in [0, 0.1) is 0 Å². The van der Waals surface area contributed by atoms with Gasteiger partial charge in [-0.15, -0.1) is 0 Å². The SMILES string of the molecule is CCCN=C(N)NCCc1cccc2ccccc12. The summed E-state index contributed by atoms with van der Waals surface area (Å²) >= 11 is 0. The van der Waals surface area contributed by atoms with E-state index in [0.717, 1.165) is 25.9 Å². The van der Waals surface area contributed by atoms with Crippen LogP contribution in [-0.4, -0.2) is 19.0 Å². The zero-order valence-electron chi connectivity index (χ0n) is 11.4. The van der Waals surface area contributed by atoms with Crippen LogP contribution in [0.25, 0.3) is 10.8 Å². The molecule has 0 aliphatic heterocycles. The number of nitrogens with two attached hydrogens (primary N) is 1. The molecule has 2 rings (SSSR count). The highest BCUT2D eigenvalue weighted by atomic mass is 15.1. The Balaban J connectivity index is 1.98. The van der Waals surface area contributed by atoms with Crippen molar-refractivity contribution in [2.75, 3.05) is 13.1 Å². The summed E-state index contributed by atoms with van der Waals surface area (Å²) in [5, 5.41) is 5.76. The predicted molar refractivity (Wildman–Crippen MR) is 82.4 cm³/mol. The molecule has 0 spiro atoms. The van der Waals surface area contributed by atoms with E-state index in [1.54, 1.807) is 0 Å². The van der Waals surface area contributed by atoms with Gasteiger partial charge in [0.1, 0.15) is 0 Å². The number of aliphatic imine (C=N–C) groups is 1. The van der Waals surface area contributed by atoms with Crippen LogP contribution in [0.4, 0.5) is 0 Å². The van der Waals surface area contributed by atoms with E-state index >= 15 is 0 Å². The number of benzene rings is 2. The molecule has 0 aliphatic rings. The average molecular weight is 255 g/mol. The molecule has 0 radical (unpaired) electrons. The van der Waals surface area contributed by atoms with Crippen LogP contribution < -0.4 is 11.1 Å². The van der Waals surface area contributed by atoms with Crippen molar-refractivity contribution in [3.63, 3.8) is 0 Å². The summed E-state index contributed by atoms with van der Waals surface area (Å²) in [4.78, 5) is 4.22. The molecule has 0 aromatic heterocycles. The second-order valence-electron chi connectivity index (χ2n) is 4.58. The van der Waals surface area contributed by atoms with Gasteiger partial charge in [-0.2, -0.15) is 0 Å². The monoisotopic (exact) mass is 255 g/mol. The van der Waals surface area contributed by atoms with Crippen molar-refractivity contribution in [3.05, 3.63) is 48.0 Å². The van der Waals surface area contributed by atoms with E-state index in [9.17, 15) is 0 Å². The van der Waals surface area contributed by atoms with Crippen LogP contribution in [0.1, 0.15) is 18.9 Å².